The first-order valence-corrected chi connectivity index (χ1v) is 4.37. The van der Waals surface area contributed by atoms with Gasteiger partial charge in [0, 0.05) is 23.8 Å². The van der Waals surface area contributed by atoms with E-state index in [1.165, 1.54) is 5.39 Å². The minimum Gasteiger partial charge on any atom is -0.324 e. The first-order chi connectivity index (χ1) is 6.29. The zero-order valence-corrected chi connectivity index (χ0v) is 7.57. The maximum atomic E-state index is 5.85. The van der Waals surface area contributed by atoms with Crippen molar-refractivity contribution >= 4 is 10.8 Å². The molecule has 2 aromatic rings. The van der Waals surface area contributed by atoms with Crippen LogP contribution in [0.25, 0.3) is 10.8 Å². The number of rotatable bonds is 1. The van der Waals surface area contributed by atoms with Crippen LogP contribution < -0.4 is 5.73 Å². The lowest BCUT2D eigenvalue weighted by atomic mass is 10.0. The van der Waals surface area contributed by atoms with Crippen LogP contribution in [-0.4, -0.2) is 4.98 Å². The Morgan fingerprint density at radius 1 is 1.31 bits per heavy atom. The average molecular weight is 172 g/mol. The molecule has 0 saturated carbocycles. The minimum atomic E-state index is 0.0629. The molecule has 66 valence electrons. The molecule has 2 rings (SSSR count). The van der Waals surface area contributed by atoms with Crippen LogP contribution >= 0.6 is 0 Å². The van der Waals surface area contributed by atoms with Crippen LogP contribution in [0.5, 0.6) is 0 Å². The second kappa shape index (κ2) is 3.15. The third-order valence-electron chi connectivity index (χ3n) is 2.21. The van der Waals surface area contributed by atoms with Gasteiger partial charge in [0.1, 0.15) is 0 Å². The molecule has 0 radical (unpaired) electrons. The second-order valence-electron chi connectivity index (χ2n) is 3.23. The van der Waals surface area contributed by atoms with Gasteiger partial charge in [0.2, 0.25) is 0 Å². The number of nitrogens with zero attached hydrogens (tertiary/aromatic N) is 1. The third-order valence-corrected chi connectivity index (χ3v) is 2.21. The lowest BCUT2D eigenvalue weighted by Gasteiger charge is -2.08. The first kappa shape index (κ1) is 8.20. The number of fused-ring (bicyclic) bond motifs is 1. The molecule has 2 nitrogen and oxygen atoms in total. The second-order valence-corrected chi connectivity index (χ2v) is 3.23. The van der Waals surface area contributed by atoms with E-state index >= 15 is 0 Å². The molecular formula is C11H12N2. The Hall–Kier alpha value is -1.41. The fourth-order valence-electron chi connectivity index (χ4n) is 1.53. The van der Waals surface area contributed by atoms with Gasteiger partial charge in [-0.05, 0) is 23.9 Å². The Bertz CT molecular complexity index is 416. The van der Waals surface area contributed by atoms with E-state index in [0.717, 1.165) is 10.9 Å². The summed E-state index contributed by atoms with van der Waals surface area (Å²) < 4.78 is 0. The van der Waals surface area contributed by atoms with E-state index in [2.05, 4.69) is 17.1 Å². The Labute approximate surface area is 77.4 Å². The summed E-state index contributed by atoms with van der Waals surface area (Å²) in [7, 11) is 0. The van der Waals surface area contributed by atoms with Crippen LogP contribution in [0.3, 0.4) is 0 Å². The Morgan fingerprint density at radius 3 is 2.92 bits per heavy atom. The summed E-state index contributed by atoms with van der Waals surface area (Å²) in [4.78, 5) is 4.10. The summed E-state index contributed by atoms with van der Waals surface area (Å²) in [6, 6.07) is 8.22. The lowest BCUT2D eigenvalue weighted by Crippen LogP contribution is -2.05. The van der Waals surface area contributed by atoms with Gasteiger partial charge in [-0.1, -0.05) is 18.2 Å². The molecule has 2 heteroatoms. The van der Waals surface area contributed by atoms with Crippen LogP contribution in [-0.2, 0) is 0 Å². The van der Waals surface area contributed by atoms with Gasteiger partial charge in [-0.15, -0.1) is 0 Å². The van der Waals surface area contributed by atoms with Gasteiger partial charge in [-0.25, -0.2) is 0 Å². The zero-order chi connectivity index (χ0) is 9.26. The molecule has 0 fully saturated rings. The molecule has 0 aliphatic carbocycles. The maximum Gasteiger partial charge on any atom is 0.0349 e. The van der Waals surface area contributed by atoms with Crippen LogP contribution in [0, 0.1) is 0 Å². The molecule has 0 aliphatic rings. The van der Waals surface area contributed by atoms with E-state index in [9.17, 15) is 0 Å². The molecular weight excluding hydrogens is 160 g/mol. The fraction of sp³-hybridized carbons (Fsp3) is 0.182. The van der Waals surface area contributed by atoms with E-state index in [0.29, 0.717) is 0 Å². The van der Waals surface area contributed by atoms with Gasteiger partial charge in [-0.2, -0.15) is 0 Å². The van der Waals surface area contributed by atoms with Crippen LogP contribution in [0.2, 0.25) is 0 Å². The molecule has 1 unspecified atom stereocenters. The lowest BCUT2D eigenvalue weighted by molar-refractivity contribution is 0.826. The maximum absolute atomic E-state index is 5.85. The fourth-order valence-corrected chi connectivity index (χ4v) is 1.53. The molecule has 0 aliphatic heterocycles. The number of aromatic nitrogens is 1. The van der Waals surface area contributed by atoms with E-state index in [1.54, 1.807) is 6.20 Å². The van der Waals surface area contributed by atoms with Crippen molar-refractivity contribution in [2.45, 2.75) is 13.0 Å². The highest BCUT2D eigenvalue weighted by Crippen LogP contribution is 2.21. The van der Waals surface area contributed by atoms with Gasteiger partial charge >= 0.3 is 0 Å². The van der Waals surface area contributed by atoms with Crippen molar-refractivity contribution in [2.24, 2.45) is 5.73 Å². The molecule has 0 saturated heterocycles. The van der Waals surface area contributed by atoms with Crippen LogP contribution in [0.15, 0.2) is 36.7 Å². The van der Waals surface area contributed by atoms with E-state index < -0.39 is 0 Å². The summed E-state index contributed by atoms with van der Waals surface area (Å²) in [6.07, 6.45) is 3.67. The highest BCUT2D eigenvalue weighted by atomic mass is 14.6. The molecule has 1 heterocycles. The van der Waals surface area contributed by atoms with Gasteiger partial charge < -0.3 is 5.73 Å². The highest BCUT2D eigenvalue weighted by Gasteiger charge is 2.03. The third kappa shape index (κ3) is 1.40. The van der Waals surface area contributed by atoms with Crippen molar-refractivity contribution in [1.29, 1.82) is 0 Å². The van der Waals surface area contributed by atoms with Crippen molar-refractivity contribution in [3.05, 3.63) is 42.2 Å². The predicted octanol–water partition coefficient (Wildman–Crippen LogP) is 2.25. The van der Waals surface area contributed by atoms with E-state index in [4.69, 9.17) is 5.73 Å². The van der Waals surface area contributed by atoms with E-state index in [-0.39, 0.29) is 6.04 Å². The molecule has 1 aromatic carbocycles. The molecule has 0 spiro atoms. The summed E-state index contributed by atoms with van der Waals surface area (Å²) >= 11 is 0. The smallest absolute Gasteiger partial charge is 0.0349 e. The molecule has 0 bridgehead atoms. The molecule has 1 aromatic heterocycles. The van der Waals surface area contributed by atoms with Gasteiger partial charge in [0.25, 0.3) is 0 Å². The Morgan fingerprint density at radius 2 is 2.15 bits per heavy atom. The number of hydrogen-bond donors (Lipinski definition) is 1. The van der Waals surface area contributed by atoms with Crippen molar-refractivity contribution in [1.82, 2.24) is 4.98 Å². The van der Waals surface area contributed by atoms with E-state index in [1.807, 2.05) is 25.3 Å². The first-order valence-electron chi connectivity index (χ1n) is 4.37. The molecule has 0 amide bonds. The summed E-state index contributed by atoms with van der Waals surface area (Å²) in [5, 5.41) is 2.35. The van der Waals surface area contributed by atoms with Crippen molar-refractivity contribution in [2.75, 3.05) is 0 Å². The minimum absolute atomic E-state index is 0.0629. The normalized spacial score (nSPS) is 13.1. The zero-order valence-electron chi connectivity index (χ0n) is 7.57. The topological polar surface area (TPSA) is 38.9 Å². The van der Waals surface area contributed by atoms with Crippen molar-refractivity contribution in [3.63, 3.8) is 0 Å². The van der Waals surface area contributed by atoms with Gasteiger partial charge in [0.15, 0.2) is 0 Å². The summed E-state index contributed by atoms with van der Waals surface area (Å²) in [5.41, 5.74) is 7.01. The number of benzene rings is 1. The predicted molar refractivity (Wildman–Crippen MR) is 54.3 cm³/mol. The molecule has 1 atom stereocenters. The number of pyridine rings is 1. The quantitative estimate of drug-likeness (QED) is 0.716. The van der Waals surface area contributed by atoms with Crippen LogP contribution in [0.1, 0.15) is 18.5 Å². The Balaban J connectivity index is 2.76. The van der Waals surface area contributed by atoms with Crippen LogP contribution in [0.4, 0.5) is 0 Å². The van der Waals surface area contributed by atoms with Crippen molar-refractivity contribution < 1.29 is 0 Å². The largest absolute Gasteiger partial charge is 0.324 e. The van der Waals surface area contributed by atoms with Gasteiger partial charge in [-0.3, -0.25) is 4.98 Å². The SMILES string of the molecule is CC(N)c1cccc2ccncc12. The molecule has 2 N–H and O–H groups in total. The monoisotopic (exact) mass is 172 g/mol. The number of nitrogens with two attached hydrogens (primary N) is 1. The highest BCUT2D eigenvalue weighted by molar-refractivity contribution is 5.85. The Kier molecular flexibility index (Phi) is 1.99. The summed E-state index contributed by atoms with van der Waals surface area (Å²) in [5.74, 6) is 0. The number of hydrogen-bond acceptors (Lipinski definition) is 2. The summed E-state index contributed by atoms with van der Waals surface area (Å²) in [6.45, 7) is 1.99. The molecule has 13 heavy (non-hydrogen) atoms. The van der Waals surface area contributed by atoms with Gasteiger partial charge in [0.05, 0.1) is 0 Å². The standard InChI is InChI=1S/C11H12N2/c1-8(12)10-4-2-3-9-5-6-13-7-11(9)10/h2-8H,12H2,1H3. The van der Waals surface area contributed by atoms with Crippen molar-refractivity contribution in [3.8, 4) is 0 Å². The average Bonchev–Trinajstić information content (AvgIpc) is 2.17.